The quantitative estimate of drug-likeness (QED) is 0.662. The van der Waals surface area contributed by atoms with E-state index in [2.05, 4.69) is 4.74 Å². The fourth-order valence-electron chi connectivity index (χ4n) is 1.32. The van der Waals surface area contributed by atoms with Crippen LogP contribution in [0.25, 0.3) is 0 Å². The molecular formula is C8H15NO2S. The molecule has 1 aliphatic rings. The molecule has 1 rings (SSSR count). The highest BCUT2D eigenvalue weighted by molar-refractivity contribution is 7.99. The van der Waals surface area contributed by atoms with Crippen LogP contribution in [0.4, 0.5) is 0 Å². The van der Waals surface area contributed by atoms with Crippen molar-refractivity contribution in [2.24, 2.45) is 11.7 Å². The minimum Gasteiger partial charge on any atom is -0.469 e. The van der Waals surface area contributed by atoms with Gasteiger partial charge >= 0.3 is 5.97 Å². The topological polar surface area (TPSA) is 52.3 Å². The van der Waals surface area contributed by atoms with Crippen LogP contribution < -0.4 is 5.73 Å². The van der Waals surface area contributed by atoms with Crippen LogP contribution in [-0.2, 0) is 9.53 Å². The largest absolute Gasteiger partial charge is 0.469 e. The van der Waals surface area contributed by atoms with E-state index in [1.165, 1.54) is 7.11 Å². The molecular weight excluding hydrogens is 174 g/mol. The van der Waals surface area contributed by atoms with Gasteiger partial charge in [-0.1, -0.05) is 0 Å². The predicted molar refractivity (Wildman–Crippen MR) is 50.0 cm³/mol. The number of carbonyl (C=O) groups is 1. The van der Waals surface area contributed by atoms with Crippen molar-refractivity contribution in [1.29, 1.82) is 0 Å². The van der Waals surface area contributed by atoms with E-state index in [1.807, 2.05) is 11.8 Å². The maximum Gasteiger partial charge on any atom is 0.305 e. The summed E-state index contributed by atoms with van der Waals surface area (Å²) >= 11 is 1.87. The highest BCUT2D eigenvalue weighted by atomic mass is 32.2. The Balaban J connectivity index is 2.18. The van der Waals surface area contributed by atoms with E-state index < -0.39 is 0 Å². The summed E-state index contributed by atoms with van der Waals surface area (Å²) in [5.74, 6) is 2.51. The Morgan fingerprint density at radius 3 is 2.92 bits per heavy atom. The zero-order valence-corrected chi connectivity index (χ0v) is 8.10. The molecule has 70 valence electrons. The third kappa shape index (κ3) is 2.68. The van der Waals surface area contributed by atoms with Gasteiger partial charge in [-0.15, -0.1) is 0 Å². The molecule has 4 heteroatoms. The summed E-state index contributed by atoms with van der Waals surface area (Å²) < 4.78 is 4.56. The first-order valence-electron chi connectivity index (χ1n) is 4.14. The Labute approximate surface area is 77.0 Å². The average molecular weight is 189 g/mol. The summed E-state index contributed by atoms with van der Waals surface area (Å²) in [6.07, 6.45) is 1.39. The third-order valence-electron chi connectivity index (χ3n) is 2.19. The summed E-state index contributed by atoms with van der Waals surface area (Å²) in [6, 6.07) is 0.277. The Kier molecular flexibility index (Phi) is 3.88. The van der Waals surface area contributed by atoms with E-state index in [-0.39, 0.29) is 12.0 Å². The number of ether oxygens (including phenoxy) is 1. The molecule has 1 saturated heterocycles. The van der Waals surface area contributed by atoms with Gasteiger partial charge in [0.25, 0.3) is 0 Å². The molecule has 0 spiro atoms. The van der Waals surface area contributed by atoms with Crippen molar-refractivity contribution >= 4 is 17.7 Å². The molecule has 12 heavy (non-hydrogen) atoms. The van der Waals surface area contributed by atoms with Gasteiger partial charge in [0.2, 0.25) is 0 Å². The van der Waals surface area contributed by atoms with E-state index in [0.717, 1.165) is 17.9 Å². The van der Waals surface area contributed by atoms with Gasteiger partial charge < -0.3 is 10.5 Å². The zero-order valence-electron chi connectivity index (χ0n) is 7.29. The Hall–Kier alpha value is -0.220. The lowest BCUT2D eigenvalue weighted by atomic mass is 9.99. The SMILES string of the molecule is COC(=O)CC[C@H]1CSC[C@H]1N. The maximum atomic E-state index is 10.8. The van der Waals surface area contributed by atoms with Crippen LogP contribution >= 0.6 is 11.8 Å². The number of hydrogen-bond acceptors (Lipinski definition) is 4. The second-order valence-electron chi connectivity index (χ2n) is 3.08. The van der Waals surface area contributed by atoms with Crippen molar-refractivity contribution in [1.82, 2.24) is 0 Å². The monoisotopic (exact) mass is 189 g/mol. The van der Waals surface area contributed by atoms with E-state index >= 15 is 0 Å². The fraction of sp³-hybridized carbons (Fsp3) is 0.875. The van der Waals surface area contributed by atoms with Crippen molar-refractivity contribution in [2.75, 3.05) is 18.6 Å². The van der Waals surface area contributed by atoms with Gasteiger partial charge in [-0.3, -0.25) is 4.79 Å². The first kappa shape index (κ1) is 9.86. The summed E-state index contributed by atoms with van der Waals surface area (Å²) in [5, 5.41) is 0. The van der Waals surface area contributed by atoms with Crippen LogP contribution in [0, 0.1) is 5.92 Å². The molecule has 0 aromatic rings. The molecule has 0 unspecified atom stereocenters. The predicted octanol–water partition coefficient (Wildman–Crippen LogP) is 0.630. The molecule has 0 amide bonds. The molecule has 2 atom stereocenters. The normalized spacial score (nSPS) is 28.8. The number of nitrogens with two attached hydrogens (primary N) is 1. The van der Waals surface area contributed by atoms with Gasteiger partial charge in [0, 0.05) is 18.2 Å². The number of carbonyl (C=O) groups excluding carboxylic acids is 1. The lowest BCUT2D eigenvalue weighted by Gasteiger charge is -2.12. The van der Waals surface area contributed by atoms with Crippen LogP contribution in [0.1, 0.15) is 12.8 Å². The number of hydrogen-bond donors (Lipinski definition) is 1. The first-order chi connectivity index (χ1) is 5.74. The van der Waals surface area contributed by atoms with Crippen molar-refractivity contribution < 1.29 is 9.53 Å². The first-order valence-corrected chi connectivity index (χ1v) is 5.29. The van der Waals surface area contributed by atoms with Crippen LogP contribution in [0.5, 0.6) is 0 Å². The molecule has 0 aromatic heterocycles. The van der Waals surface area contributed by atoms with E-state index in [0.29, 0.717) is 12.3 Å². The molecule has 0 aromatic carbocycles. The average Bonchev–Trinajstić information content (AvgIpc) is 2.47. The highest BCUT2D eigenvalue weighted by Gasteiger charge is 2.24. The fourth-order valence-corrected chi connectivity index (χ4v) is 2.71. The summed E-state index contributed by atoms with van der Waals surface area (Å²) in [4.78, 5) is 10.8. The Morgan fingerprint density at radius 1 is 1.67 bits per heavy atom. The smallest absolute Gasteiger partial charge is 0.305 e. The molecule has 0 saturated carbocycles. The van der Waals surface area contributed by atoms with Crippen molar-refractivity contribution in [3.05, 3.63) is 0 Å². The van der Waals surface area contributed by atoms with Gasteiger partial charge in [-0.25, -0.2) is 0 Å². The van der Waals surface area contributed by atoms with Crippen LogP contribution in [0.2, 0.25) is 0 Å². The van der Waals surface area contributed by atoms with Gasteiger partial charge in [-0.2, -0.15) is 11.8 Å². The summed E-state index contributed by atoms with van der Waals surface area (Å²) in [5.41, 5.74) is 5.83. The molecule has 2 N–H and O–H groups in total. The summed E-state index contributed by atoms with van der Waals surface area (Å²) in [7, 11) is 1.42. The number of rotatable bonds is 3. The molecule has 0 radical (unpaired) electrons. The third-order valence-corrected chi connectivity index (χ3v) is 3.48. The molecule has 1 heterocycles. The van der Waals surface area contributed by atoms with Crippen LogP contribution in [0.15, 0.2) is 0 Å². The molecule has 1 fully saturated rings. The highest BCUT2D eigenvalue weighted by Crippen LogP contribution is 2.26. The van der Waals surface area contributed by atoms with Crippen molar-refractivity contribution in [2.45, 2.75) is 18.9 Å². The van der Waals surface area contributed by atoms with Crippen LogP contribution in [-0.4, -0.2) is 30.6 Å². The van der Waals surface area contributed by atoms with Crippen molar-refractivity contribution in [3.63, 3.8) is 0 Å². The van der Waals surface area contributed by atoms with Gasteiger partial charge in [-0.05, 0) is 18.1 Å². The van der Waals surface area contributed by atoms with Crippen LogP contribution in [0.3, 0.4) is 0 Å². The molecule has 3 nitrogen and oxygen atoms in total. The van der Waals surface area contributed by atoms with Gasteiger partial charge in [0.15, 0.2) is 0 Å². The number of thioether (sulfide) groups is 1. The van der Waals surface area contributed by atoms with Crippen molar-refractivity contribution in [3.8, 4) is 0 Å². The Bertz CT molecular complexity index is 163. The van der Waals surface area contributed by atoms with Gasteiger partial charge in [0.05, 0.1) is 7.11 Å². The second kappa shape index (κ2) is 4.72. The minimum absolute atomic E-state index is 0.126. The standard InChI is InChI=1S/C8H15NO2S/c1-11-8(10)3-2-6-4-12-5-7(6)9/h6-7H,2-5,9H2,1H3/t6-,7+/m0/s1. The molecule has 0 bridgehead atoms. The van der Waals surface area contributed by atoms with Gasteiger partial charge in [0.1, 0.15) is 0 Å². The van der Waals surface area contributed by atoms with E-state index in [1.54, 1.807) is 0 Å². The second-order valence-corrected chi connectivity index (χ2v) is 4.15. The minimum atomic E-state index is -0.126. The molecule has 1 aliphatic heterocycles. The lowest BCUT2D eigenvalue weighted by molar-refractivity contribution is -0.140. The zero-order chi connectivity index (χ0) is 8.97. The number of esters is 1. The number of methoxy groups -OCH3 is 1. The lowest BCUT2D eigenvalue weighted by Crippen LogP contribution is -2.28. The maximum absolute atomic E-state index is 10.8. The molecule has 0 aliphatic carbocycles. The van der Waals surface area contributed by atoms with E-state index in [9.17, 15) is 4.79 Å². The Morgan fingerprint density at radius 2 is 2.42 bits per heavy atom. The summed E-state index contributed by atoms with van der Waals surface area (Å²) in [6.45, 7) is 0. The van der Waals surface area contributed by atoms with E-state index in [4.69, 9.17) is 5.73 Å².